The van der Waals surface area contributed by atoms with Gasteiger partial charge in [0.05, 0.1) is 6.54 Å². The number of nitrogens with two attached hydrogens (primary N) is 1. The zero-order valence-corrected chi connectivity index (χ0v) is 14.1. The van der Waals surface area contributed by atoms with Crippen molar-refractivity contribution in [2.75, 3.05) is 44.6 Å². The van der Waals surface area contributed by atoms with E-state index in [9.17, 15) is 22.8 Å². The van der Waals surface area contributed by atoms with Crippen LogP contribution >= 0.6 is 0 Å². The van der Waals surface area contributed by atoms with Gasteiger partial charge in [0.15, 0.2) is 0 Å². The van der Waals surface area contributed by atoms with Gasteiger partial charge in [-0.05, 0) is 24.3 Å². The molecule has 0 unspecified atom stereocenters. The van der Waals surface area contributed by atoms with Crippen molar-refractivity contribution in [2.45, 2.75) is 12.8 Å². The Hall–Kier alpha value is -2.33. The number of ether oxygens (including phenoxy) is 1. The van der Waals surface area contributed by atoms with Crippen LogP contribution in [0.4, 0.5) is 18.9 Å². The number of carbonyl (C=O) groups excluding carboxylic acids is 2. The third-order valence-electron chi connectivity index (χ3n) is 3.82. The molecule has 0 aliphatic carbocycles. The number of alkyl halides is 3. The van der Waals surface area contributed by atoms with E-state index in [2.05, 4.69) is 10.1 Å². The highest BCUT2D eigenvalue weighted by molar-refractivity contribution is 5.92. The SMILES string of the molecule is NCCC(=O)N1CCN(CC(=O)Nc2ccc(OC(F)(F)F)cc2)CC1. The minimum Gasteiger partial charge on any atom is -0.406 e. The first kappa shape index (κ1) is 20.0. The molecule has 0 aromatic heterocycles. The number of hydrogen-bond donors (Lipinski definition) is 2. The van der Waals surface area contributed by atoms with E-state index in [0.717, 1.165) is 12.1 Å². The van der Waals surface area contributed by atoms with Crippen LogP contribution in [0.25, 0.3) is 0 Å². The van der Waals surface area contributed by atoms with Crippen molar-refractivity contribution in [1.29, 1.82) is 0 Å². The van der Waals surface area contributed by atoms with Crippen molar-refractivity contribution < 1.29 is 27.5 Å². The lowest BCUT2D eigenvalue weighted by molar-refractivity contribution is -0.274. The molecule has 1 aromatic carbocycles. The van der Waals surface area contributed by atoms with Gasteiger partial charge in [0.2, 0.25) is 11.8 Å². The molecule has 1 fully saturated rings. The normalized spacial score (nSPS) is 15.6. The lowest BCUT2D eigenvalue weighted by Gasteiger charge is -2.34. The summed E-state index contributed by atoms with van der Waals surface area (Å²) in [4.78, 5) is 27.4. The Bertz CT molecular complexity index is 614. The van der Waals surface area contributed by atoms with Gasteiger partial charge in [-0.15, -0.1) is 13.2 Å². The Morgan fingerprint density at radius 3 is 2.27 bits per heavy atom. The van der Waals surface area contributed by atoms with Gasteiger partial charge < -0.3 is 20.7 Å². The van der Waals surface area contributed by atoms with E-state index in [1.165, 1.54) is 12.1 Å². The van der Waals surface area contributed by atoms with Crippen molar-refractivity contribution in [2.24, 2.45) is 5.73 Å². The Kier molecular flexibility index (Phi) is 6.81. The summed E-state index contributed by atoms with van der Waals surface area (Å²) in [5, 5.41) is 2.62. The first-order chi connectivity index (χ1) is 12.3. The molecule has 1 heterocycles. The number of amides is 2. The number of benzene rings is 1. The van der Waals surface area contributed by atoms with Crippen LogP contribution in [0.3, 0.4) is 0 Å². The first-order valence-corrected chi connectivity index (χ1v) is 8.12. The van der Waals surface area contributed by atoms with Crippen LogP contribution < -0.4 is 15.8 Å². The number of rotatable bonds is 6. The highest BCUT2D eigenvalue weighted by Gasteiger charge is 2.31. The maximum Gasteiger partial charge on any atom is 0.573 e. The Morgan fingerprint density at radius 2 is 1.73 bits per heavy atom. The average Bonchev–Trinajstić information content (AvgIpc) is 2.56. The van der Waals surface area contributed by atoms with Gasteiger partial charge in [0.1, 0.15) is 5.75 Å². The van der Waals surface area contributed by atoms with E-state index in [-0.39, 0.29) is 24.1 Å². The van der Waals surface area contributed by atoms with Gasteiger partial charge in [-0.2, -0.15) is 0 Å². The summed E-state index contributed by atoms with van der Waals surface area (Å²) in [6, 6.07) is 4.93. The first-order valence-electron chi connectivity index (χ1n) is 8.12. The minimum absolute atomic E-state index is 0.0118. The number of nitrogens with one attached hydrogen (secondary N) is 1. The van der Waals surface area contributed by atoms with Gasteiger partial charge in [0.25, 0.3) is 0 Å². The minimum atomic E-state index is -4.75. The van der Waals surface area contributed by atoms with Gasteiger partial charge in [0, 0.05) is 44.8 Å². The van der Waals surface area contributed by atoms with Gasteiger partial charge >= 0.3 is 6.36 Å². The fraction of sp³-hybridized carbons (Fsp3) is 0.500. The van der Waals surface area contributed by atoms with Crippen LogP contribution in [-0.4, -0.2) is 67.2 Å². The van der Waals surface area contributed by atoms with Crippen molar-refractivity contribution in [1.82, 2.24) is 9.80 Å². The molecule has 0 saturated carbocycles. The monoisotopic (exact) mass is 374 g/mol. The maximum absolute atomic E-state index is 12.1. The summed E-state index contributed by atoms with van der Waals surface area (Å²) in [6.45, 7) is 2.67. The summed E-state index contributed by atoms with van der Waals surface area (Å²) >= 11 is 0. The highest BCUT2D eigenvalue weighted by atomic mass is 19.4. The molecule has 0 bridgehead atoms. The van der Waals surface area contributed by atoms with Gasteiger partial charge in [-0.1, -0.05) is 0 Å². The van der Waals surface area contributed by atoms with Crippen LogP contribution in [0.2, 0.25) is 0 Å². The molecule has 7 nitrogen and oxygen atoms in total. The van der Waals surface area contributed by atoms with Crippen LogP contribution in [0.5, 0.6) is 5.75 Å². The molecule has 3 N–H and O–H groups in total. The van der Waals surface area contributed by atoms with E-state index >= 15 is 0 Å². The zero-order valence-electron chi connectivity index (χ0n) is 14.1. The topological polar surface area (TPSA) is 87.9 Å². The van der Waals surface area contributed by atoms with Crippen LogP contribution in [0.15, 0.2) is 24.3 Å². The fourth-order valence-electron chi connectivity index (χ4n) is 2.58. The second-order valence-corrected chi connectivity index (χ2v) is 5.82. The molecule has 1 aromatic rings. The maximum atomic E-state index is 12.1. The molecule has 1 saturated heterocycles. The van der Waals surface area contributed by atoms with Crippen LogP contribution in [0, 0.1) is 0 Å². The fourth-order valence-corrected chi connectivity index (χ4v) is 2.58. The van der Waals surface area contributed by atoms with Crippen LogP contribution in [-0.2, 0) is 9.59 Å². The summed E-state index contributed by atoms with van der Waals surface area (Å²) < 4.78 is 40.1. The molecule has 1 aliphatic heterocycles. The molecule has 0 radical (unpaired) electrons. The van der Waals surface area contributed by atoms with Crippen molar-refractivity contribution >= 4 is 17.5 Å². The van der Waals surface area contributed by atoms with Gasteiger partial charge in [-0.25, -0.2) is 0 Å². The summed E-state index contributed by atoms with van der Waals surface area (Å²) in [6.07, 6.45) is -4.44. The molecular weight excluding hydrogens is 353 g/mol. The Morgan fingerprint density at radius 1 is 1.12 bits per heavy atom. The second kappa shape index (κ2) is 8.86. The second-order valence-electron chi connectivity index (χ2n) is 5.82. The molecule has 1 aliphatic rings. The zero-order chi connectivity index (χ0) is 19.2. The van der Waals surface area contributed by atoms with E-state index in [0.29, 0.717) is 44.8 Å². The van der Waals surface area contributed by atoms with Crippen molar-refractivity contribution in [3.63, 3.8) is 0 Å². The number of anilines is 1. The largest absolute Gasteiger partial charge is 0.573 e. The number of halogens is 3. The van der Waals surface area contributed by atoms with E-state index in [1.54, 1.807) is 4.90 Å². The third kappa shape index (κ3) is 6.52. The molecule has 10 heteroatoms. The highest BCUT2D eigenvalue weighted by Crippen LogP contribution is 2.23. The lowest BCUT2D eigenvalue weighted by atomic mass is 10.2. The molecule has 0 spiro atoms. The molecule has 144 valence electrons. The van der Waals surface area contributed by atoms with E-state index < -0.39 is 6.36 Å². The smallest absolute Gasteiger partial charge is 0.406 e. The molecule has 26 heavy (non-hydrogen) atoms. The number of nitrogens with zero attached hydrogens (tertiary/aromatic N) is 2. The summed E-state index contributed by atoms with van der Waals surface area (Å²) in [7, 11) is 0. The van der Waals surface area contributed by atoms with E-state index in [4.69, 9.17) is 5.73 Å². The molecular formula is C16H21F3N4O3. The molecule has 0 atom stereocenters. The number of hydrogen-bond acceptors (Lipinski definition) is 5. The van der Waals surface area contributed by atoms with Crippen LogP contribution in [0.1, 0.15) is 6.42 Å². The average molecular weight is 374 g/mol. The Labute approximate surface area is 148 Å². The standard InChI is InChI=1S/C16H21F3N4O3/c17-16(18,19)26-13-3-1-12(2-4-13)21-14(24)11-22-7-9-23(10-8-22)15(25)5-6-20/h1-4H,5-11,20H2,(H,21,24). The third-order valence-corrected chi connectivity index (χ3v) is 3.82. The summed E-state index contributed by atoms with van der Waals surface area (Å²) in [5.41, 5.74) is 5.74. The van der Waals surface area contributed by atoms with Crippen molar-refractivity contribution in [3.8, 4) is 5.75 Å². The Balaban J connectivity index is 1.76. The predicted octanol–water partition coefficient (Wildman–Crippen LogP) is 1.02. The molecule has 2 amide bonds. The quantitative estimate of drug-likeness (QED) is 0.776. The lowest BCUT2D eigenvalue weighted by Crippen LogP contribution is -2.50. The van der Waals surface area contributed by atoms with Gasteiger partial charge in [-0.3, -0.25) is 14.5 Å². The number of piperazine rings is 1. The summed E-state index contributed by atoms with van der Waals surface area (Å²) in [5.74, 6) is -0.622. The predicted molar refractivity (Wildman–Crippen MR) is 88.4 cm³/mol. The number of carbonyl (C=O) groups is 2. The van der Waals surface area contributed by atoms with E-state index in [1.807, 2.05) is 4.90 Å². The molecule has 2 rings (SSSR count). The van der Waals surface area contributed by atoms with Crippen molar-refractivity contribution in [3.05, 3.63) is 24.3 Å².